The van der Waals surface area contributed by atoms with Gasteiger partial charge in [-0.05, 0) is 37.1 Å². The average Bonchev–Trinajstić information content (AvgIpc) is 2.42. The van der Waals surface area contributed by atoms with Crippen molar-refractivity contribution in [1.29, 1.82) is 0 Å². The van der Waals surface area contributed by atoms with Crippen molar-refractivity contribution in [3.63, 3.8) is 0 Å². The highest BCUT2D eigenvalue weighted by molar-refractivity contribution is 7.55. The Morgan fingerprint density at radius 3 is 2.00 bits per heavy atom. The molecular formula is C14H24ClN2O2P. The molecule has 20 heavy (non-hydrogen) atoms. The third kappa shape index (κ3) is 6.76. The first-order valence-electron chi connectivity index (χ1n) is 7.15. The quantitative estimate of drug-likeness (QED) is 0.489. The number of unbranched alkanes of at least 4 members (excludes halogenated alkanes) is 2. The first-order chi connectivity index (χ1) is 9.59. The molecule has 0 aliphatic rings. The molecule has 0 radical (unpaired) electrons. The molecule has 2 N–H and O–H groups in total. The summed E-state index contributed by atoms with van der Waals surface area (Å²) in [6.45, 7) is 5.52. The molecule has 1 rings (SSSR count). The Balaban J connectivity index is 2.64. The standard InChI is InChI=1S/C14H24ClN2O2P/c1-3-5-11-16-20(18,17-12-6-4-2)19-14-9-7-13(15)8-10-14/h7-10H,3-6,11-12H2,1-2H3,(H2,16,17,18). The highest BCUT2D eigenvalue weighted by Gasteiger charge is 2.23. The smallest absolute Gasteiger partial charge is 0.390 e. The van der Waals surface area contributed by atoms with E-state index in [9.17, 15) is 4.57 Å². The van der Waals surface area contributed by atoms with Gasteiger partial charge in [0.2, 0.25) is 0 Å². The van der Waals surface area contributed by atoms with E-state index in [0.717, 1.165) is 25.7 Å². The van der Waals surface area contributed by atoms with Crippen LogP contribution in [0.25, 0.3) is 0 Å². The fraction of sp³-hybridized carbons (Fsp3) is 0.571. The summed E-state index contributed by atoms with van der Waals surface area (Å²) in [5.74, 6) is 0.547. The van der Waals surface area contributed by atoms with Gasteiger partial charge in [0.1, 0.15) is 5.75 Å². The van der Waals surface area contributed by atoms with Crippen molar-refractivity contribution >= 4 is 19.3 Å². The summed E-state index contributed by atoms with van der Waals surface area (Å²) in [6.07, 6.45) is 4.01. The molecule has 0 fully saturated rings. The zero-order valence-corrected chi connectivity index (χ0v) is 13.8. The molecule has 0 amide bonds. The van der Waals surface area contributed by atoms with Gasteiger partial charge in [0.25, 0.3) is 0 Å². The summed E-state index contributed by atoms with van der Waals surface area (Å²) in [4.78, 5) is 0. The monoisotopic (exact) mass is 318 g/mol. The molecule has 1 aromatic rings. The van der Waals surface area contributed by atoms with Crippen molar-refractivity contribution in [2.45, 2.75) is 39.5 Å². The molecule has 0 heterocycles. The van der Waals surface area contributed by atoms with Gasteiger partial charge in [0.05, 0.1) is 0 Å². The molecule has 0 spiro atoms. The Kier molecular flexibility index (Phi) is 8.24. The van der Waals surface area contributed by atoms with E-state index in [2.05, 4.69) is 24.0 Å². The predicted molar refractivity (Wildman–Crippen MR) is 85.5 cm³/mol. The Morgan fingerprint density at radius 1 is 1.05 bits per heavy atom. The summed E-state index contributed by atoms with van der Waals surface area (Å²) in [5, 5.41) is 6.65. The van der Waals surface area contributed by atoms with Crippen LogP contribution in [0.5, 0.6) is 5.75 Å². The van der Waals surface area contributed by atoms with Gasteiger partial charge < -0.3 is 4.52 Å². The van der Waals surface area contributed by atoms with Crippen LogP contribution in [-0.2, 0) is 4.57 Å². The molecule has 0 aliphatic carbocycles. The van der Waals surface area contributed by atoms with Crippen LogP contribution >= 0.6 is 19.3 Å². The number of benzene rings is 1. The lowest BCUT2D eigenvalue weighted by Gasteiger charge is -2.21. The third-order valence-corrected chi connectivity index (χ3v) is 4.75. The Labute approximate surface area is 126 Å². The molecule has 0 unspecified atom stereocenters. The second-order valence-electron chi connectivity index (χ2n) is 4.62. The Hall–Kier alpha value is -0.540. The van der Waals surface area contributed by atoms with Gasteiger partial charge in [-0.25, -0.2) is 14.7 Å². The van der Waals surface area contributed by atoms with Gasteiger partial charge >= 0.3 is 7.67 Å². The van der Waals surface area contributed by atoms with E-state index in [0.29, 0.717) is 23.9 Å². The third-order valence-electron chi connectivity index (χ3n) is 2.75. The van der Waals surface area contributed by atoms with E-state index >= 15 is 0 Å². The number of hydrogen-bond donors (Lipinski definition) is 2. The van der Waals surface area contributed by atoms with Crippen LogP contribution < -0.4 is 14.7 Å². The normalized spacial score (nSPS) is 11.6. The van der Waals surface area contributed by atoms with E-state index in [-0.39, 0.29) is 0 Å². The summed E-state index contributed by atoms with van der Waals surface area (Å²) < 4.78 is 18.4. The van der Waals surface area contributed by atoms with E-state index in [1.807, 2.05) is 0 Å². The Morgan fingerprint density at radius 2 is 1.55 bits per heavy atom. The van der Waals surface area contributed by atoms with E-state index in [1.165, 1.54) is 0 Å². The van der Waals surface area contributed by atoms with Crippen molar-refractivity contribution in [2.75, 3.05) is 13.1 Å². The highest BCUT2D eigenvalue weighted by atomic mass is 35.5. The maximum Gasteiger partial charge on any atom is 0.390 e. The maximum atomic E-state index is 12.7. The summed E-state index contributed by atoms with van der Waals surface area (Å²) in [5.41, 5.74) is 0. The molecule has 0 bridgehead atoms. The van der Waals surface area contributed by atoms with Crippen LogP contribution in [0.15, 0.2) is 24.3 Å². The van der Waals surface area contributed by atoms with E-state index < -0.39 is 7.67 Å². The maximum absolute atomic E-state index is 12.7. The highest BCUT2D eigenvalue weighted by Crippen LogP contribution is 2.38. The molecule has 114 valence electrons. The van der Waals surface area contributed by atoms with Crippen molar-refractivity contribution < 1.29 is 9.09 Å². The second-order valence-corrected chi connectivity index (χ2v) is 6.97. The van der Waals surface area contributed by atoms with Gasteiger partial charge in [-0.3, -0.25) is 0 Å². The van der Waals surface area contributed by atoms with Gasteiger partial charge in [0, 0.05) is 18.1 Å². The molecule has 0 aliphatic heterocycles. The lowest BCUT2D eigenvalue weighted by atomic mass is 10.3. The number of nitrogens with one attached hydrogen (secondary N) is 2. The lowest BCUT2D eigenvalue weighted by Crippen LogP contribution is -2.27. The van der Waals surface area contributed by atoms with E-state index in [1.54, 1.807) is 24.3 Å². The topological polar surface area (TPSA) is 50.4 Å². The number of halogens is 1. The first kappa shape index (κ1) is 17.5. The molecular weight excluding hydrogens is 295 g/mol. The molecule has 0 saturated heterocycles. The van der Waals surface area contributed by atoms with Crippen LogP contribution in [0.1, 0.15) is 39.5 Å². The van der Waals surface area contributed by atoms with Crippen LogP contribution in [0.4, 0.5) is 0 Å². The molecule has 0 atom stereocenters. The van der Waals surface area contributed by atoms with Gasteiger partial charge in [-0.15, -0.1) is 0 Å². The average molecular weight is 319 g/mol. The second kappa shape index (κ2) is 9.41. The minimum atomic E-state index is -3.06. The van der Waals surface area contributed by atoms with Crippen LogP contribution in [-0.4, -0.2) is 13.1 Å². The lowest BCUT2D eigenvalue weighted by molar-refractivity contribution is 0.449. The summed E-state index contributed by atoms with van der Waals surface area (Å²) >= 11 is 5.83. The minimum absolute atomic E-state index is 0.547. The zero-order chi connectivity index (χ0) is 14.8. The molecule has 6 heteroatoms. The SMILES string of the molecule is CCCCNP(=O)(NCCCC)Oc1ccc(Cl)cc1. The number of rotatable bonds is 10. The fourth-order valence-electron chi connectivity index (χ4n) is 1.57. The molecule has 0 aromatic heterocycles. The summed E-state index contributed by atoms with van der Waals surface area (Å²) in [7, 11) is -3.06. The summed E-state index contributed by atoms with van der Waals surface area (Å²) in [6, 6.07) is 6.88. The largest absolute Gasteiger partial charge is 0.422 e. The van der Waals surface area contributed by atoms with Crippen molar-refractivity contribution in [3.8, 4) is 5.75 Å². The molecule has 4 nitrogen and oxygen atoms in total. The van der Waals surface area contributed by atoms with Crippen LogP contribution in [0, 0.1) is 0 Å². The zero-order valence-electron chi connectivity index (χ0n) is 12.2. The van der Waals surface area contributed by atoms with Gasteiger partial charge in [-0.1, -0.05) is 38.3 Å². The fourth-order valence-corrected chi connectivity index (χ4v) is 3.26. The first-order valence-corrected chi connectivity index (χ1v) is 9.15. The van der Waals surface area contributed by atoms with Crippen molar-refractivity contribution in [2.24, 2.45) is 0 Å². The van der Waals surface area contributed by atoms with Crippen LogP contribution in [0.3, 0.4) is 0 Å². The van der Waals surface area contributed by atoms with Crippen molar-refractivity contribution in [1.82, 2.24) is 10.2 Å². The van der Waals surface area contributed by atoms with Gasteiger partial charge in [0.15, 0.2) is 0 Å². The van der Waals surface area contributed by atoms with Crippen molar-refractivity contribution in [3.05, 3.63) is 29.3 Å². The Bertz CT molecular complexity index is 412. The number of hydrogen-bond acceptors (Lipinski definition) is 2. The molecule has 0 saturated carbocycles. The molecule has 1 aromatic carbocycles. The predicted octanol–water partition coefficient (Wildman–Crippen LogP) is 4.61. The van der Waals surface area contributed by atoms with Crippen LogP contribution in [0.2, 0.25) is 5.02 Å². The minimum Gasteiger partial charge on any atom is -0.422 e. The van der Waals surface area contributed by atoms with E-state index in [4.69, 9.17) is 16.1 Å². The van der Waals surface area contributed by atoms with Gasteiger partial charge in [-0.2, -0.15) is 0 Å².